The Balaban J connectivity index is 1.51. The van der Waals surface area contributed by atoms with Crippen molar-refractivity contribution in [2.24, 2.45) is 0 Å². The van der Waals surface area contributed by atoms with Crippen molar-refractivity contribution in [1.82, 2.24) is 20.4 Å². The summed E-state index contributed by atoms with van der Waals surface area (Å²) in [6.07, 6.45) is 8.44. The van der Waals surface area contributed by atoms with Crippen molar-refractivity contribution in [3.05, 3.63) is 47.3 Å². The molecule has 2 aromatic rings. The van der Waals surface area contributed by atoms with Crippen LogP contribution in [0.1, 0.15) is 54.5 Å². The van der Waals surface area contributed by atoms with Gasteiger partial charge in [-0.05, 0) is 49.3 Å². The van der Waals surface area contributed by atoms with E-state index in [9.17, 15) is 9.90 Å². The molecule has 0 radical (unpaired) electrons. The molecule has 24 heavy (non-hydrogen) atoms. The molecule has 126 valence electrons. The number of aromatic nitrogens is 2. The first-order valence-corrected chi connectivity index (χ1v) is 8.60. The van der Waals surface area contributed by atoms with Crippen LogP contribution in [0.5, 0.6) is 5.75 Å². The van der Waals surface area contributed by atoms with Gasteiger partial charge in [0.1, 0.15) is 5.75 Å². The Bertz CT molecular complexity index is 729. The summed E-state index contributed by atoms with van der Waals surface area (Å²) in [5.41, 5.74) is 3.07. The molecule has 1 aliphatic heterocycles. The summed E-state index contributed by atoms with van der Waals surface area (Å²) < 4.78 is 0. The lowest BCUT2D eigenvalue weighted by molar-refractivity contribution is 0.148. The van der Waals surface area contributed by atoms with Gasteiger partial charge in [-0.15, -0.1) is 0 Å². The molecule has 6 heteroatoms. The van der Waals surface area contributed by atoms with Crippen LogP contribution in [0.15, 0.2) is 30.6 Å². The average Bonchev–Trinajstić information content (AvgIpc) is 3.26. The fourth-order valence-electron chi connectivity index (χ4n) is 3.98. The summed E-state index contributed by atoms with van der Waals surface area (Å²) in [7, 11) is 0. The molecule has 2 aliphatic rings. The van der Waals surface area contributed by atoms with Gasteiger partial charge in [0.25, 0.3) is 0 Å². The van der Waals surface area contributed by atoms with Crippen LogP contribution in [-0.2, 0) is 6.42 Å². The Hall–Kier alpha value is -2.50. The number of aromatic hydroxyl groups is 1. The number of hydrogen-bond acceptors (Lipinski definition) is 3. The van der Waals surface area contributed by atoms with Crippen LogP contribution in [0.4, 0.5) is 4.79 Å². The number of nitrogens with zero attached hydrogens (tertiary/aromatic N) is 2. The molecular weight excluding hydrogens is 304 g/mol. The molecular formula is C18H22N4O2. The lowest BCUT2D eigenvalue weighted by Gasteiger charge is -2.36. The molecule has 1 aliphatic carbocycles. The zero-order valence-corrected chi connectivity index (χ0v) is 13.5. The molecule has 3 N–H and O–H groups in total. The topological polar surface area (TPSA) is 81.2 Å². The summed E-state index contributed by atoms with van der Waals surface area (Å²) in [5, 5.41) is 20.0. The van der Waals surface area contributed by atoms with E-state index in [1.54, 1.807) is 12.3 Å². The smallest absolute Gasteiger partial charge is 0.318 e. The number of aromatic amines is 1. The van der Waals surface area contributed by atoms with Crippen LogP contribution in [0, 0.1) is 0 Å². The number of urea groups is 1. The SMILES string of the molecule is O=C(N[C@H]1CCc2c(O)cccc21)N1CCCC[C@H]1c1cn[nH]c1. The molecule has 1 fully saturated rings. The van der Waals surface area contributed by atoms with Crippen LogP contribution >= 0.6 is 0 Å². The average molecular weight is 326 g/mol. The monoisotopic (exact) mass is 326 g/mol. The molecule has 1 aromatic heterocycles. The van der Waals surface area contributed by atoms with Crippen LogP contribution in [0.2, 0.25) is 0 Å². The van der Waals surface area contributed by atoms with Crippen LogP contribution < -0.4 is 5.32 Å². The van der Waals surface area contributed by atoms with Crippen molar-refractivity contribution in [2.45, 2.75) is 44.2 Å². The van der Waals surface area contributed by atoms with Gasteiger partial charge in [-0.2, -0.15) is 5.10 Å². The van der Waals surface area contributed by atoms with Crippen LogP contribution in [0.3, 0.4) is 0 Å². The first kappa shape index (κ1) is 15.1. The molecule has 2 amide bonds. The van der Waals surface area contributed by atoms with E-state index >= 15 is 0 Å². The van der Waals surface area contributed by atoms with Gasteiger partial charge in [0.2, 0.25) is 0 Å². The third-order valence-corrected chi connectivity index (χ3v) is 5.21. The second-order valence-electron chi connectivity index (χ2n) is 6.62. The first-order valence-electron chi connectivity index (χ1n) is 8.60. The van der Waals surface area contributed by atoms with E-state index < -0.39 is 0 Å². The number of fused-ring (bicyclic) bond motifs is 1. The number of benzene rings is 1. The number of rotatable bonds is 2. The Kier molecular flexibility index (Phi) is 3.88. The molecule has 0 saturated carbocycles. The standard InChI is InChI=1S/C18H22N4O2/c23-17-6-3-4-13-14(17)7-8-15(13)21-18(24)22-9-2-1-5-16(22)12-10-19-20-11-12/h3-4,6,10-11,15-16,23H,1-2,5,7-9H2,(H,19,20)(H,21,24)/t15-,16-/m0/s1. The fourth-order valence-corrected chi connectivity index (χ4v) is 3.98. The van der Waals surface area contributed by atoms with Crippen molar-refractivity contribution < 1.29 is 9.90 Å². The van der Waals surface area contributed by atoms with E-state index in [1.807, 2.05) is 23.2 Å². The number of amides is 2. The molecule has 1 aromatic carbocycles. The number of hydrogen-bond donors (Lipinski definition) is 3. The lowest BCUT2D eigenvalue weighted by atomic mass is 9.98. The van der Waals surface area contributed by atoms with E-state index in [2.05, 4.69) is 15.5 Å². The number of nitrogens with one attached hydrogen (secondary N) is 2. The number of H-pyrrole nitrogens is 1. The maximum atomic E-state index is 12.9. The van der Waals surface area contributed by atoms with Gasteiger partial charge in [-0.3, -0.25) is 5.10 Å². The third-order valence-electron chi connectivity index (χ3n) is 5.21. The molecule has 0 bridgehead atoms. The largest absolute Gasteiger partial charge is 0.508 e. The van der Waals surface area contributed by atoms with Crippen LogP contribution in [0.25, 0.3) is 0 Å². The zero-order valence-electron chi connectivity index (χ0n) is 13.5. The number of phenolic OH excluding ortho intramolecular Hbond substituents is 1. The fraction of sp³-hybridized carbons (Fsp3) is 0.444. The Labute approximate surface area is 140 Å². The molecule has 0 spiro atoms. The van der Waals surface area contributed by atoms with E-state index in [0.29, 0.717) is 5.75 Å². The summed E-state index contributed by atoms with van der Waals surface area (Å²) in [4.78, 5) is 14.8. The Morgan fingerprint density at radius 2 is 2.25 bits per heavy atom. The summed E-state index contributed by atoms with van der Waals surface area (Å²) in [6, 6.07) is 5.59. The molecule has 0 unspecified atom stereocenters. The van der Waals surface area contributed by atoms with Crippen molar-refractivity contribution in [3.63, 3.8) is 0 Å². The normalized spacial score (nSPS) is 23.1. The van der Waals surface area contributed by atoms with Crippen molar-refractivity contribution in [2.75, 3.05) is 6.54 Å². The van der Waals surface area contributed by atoms with Crippen molar-refractivity contribution in [3.8, 4) is 5.75 Å². The third kappa shape index (κ3) is 2.62. The van der Waals surface area contributed by atoms with Gasteiger partial charge in [0.05, 0.1) is 18.3 Å². The predicted octanol–water partition coefficient (Wildman–Crippen LogP) is 3.04. The Morgan fingerprint density at radius 3 is 3.08 bits per heavy atom. The second-order valence-corrected chi connectivity index (χ2v) is 6.62. The molecule has 4 rings (SSSR count). The lowest BCUT2D eigenvalue weighted by Crippen LogP contribution is -2.45. The van der Waals surface area contributed by atoms with Gasteiger partial charge in [0, 0.05) is 18.3 Å². The highest BCUT2D eigenvalue weighted by Crippen LogP contribution is 2.37. The summed E-state index contributed by atoms with van der Waals surface area (Å²) in [5.74, 6) is 0.332. The number of carbonyl (C=O) groups excluding carboxylic acids is 1. The highest BCUT2D eigenvalue weighted by Gasteiger charge is 2.32. The predicted molar refractivity (Wildman–Crippen MR) is 89.6 cm³/mol. The quantitative estimate of drug-likeness (QED) is 0.793. The van der Waals surface area contributed by atoms with Crippen LogP contribution in [-0.4, -0.2) is 32.8 Å². The molecule has 1 saturated heterocycles. The Morgan fingerprint density at radius 1 is 1.33 bits per heavy atom. The maximum absolute atomic E-state index is 12.9. The molecule has 2 heterocycles. The molecule has 2 atom stereocenters. The van der Waals surface area contributed by atoms with Gasteiger partial charge in [-0.1, -0.05) is 12.1 Å². The summed E-state index contributed by atoms with van der Waals surface area (Å²) in [6.45, 7) is 0.765. The van der Waals surface area contributed by atoms with E-state index in [1.165, 1.54) is 0 Å². The number of piperidine rings is 1. The minimum absolute atomic E-state index is 0.0217. The first-order chi connectivity index (χ1) is 11.7. The highest BCUT2D eigenvalue weighted by atomic mass is 16.3. The van der Waals surface area contributed by atoms with Gasteiger partial charge in [-0.25, -0.2) is 4.79 Å². The minimum atomic E-state index is -0.0258. The number of carbonyl (C=O) groups is 1. The van der Waals surface area contributed by atoms with E-state index in [4.69, 9.17) is 0 Å². The minimum Gasteiger partial charge on any atom is -0.508 e. The number of phenols is 1. The van der Waals surface area contributed by atoms with Gasteiger partial charge in [0.15, 0.2) is 0 Å². The second kappa shape index (κ2) is 6.19. The van der Waals surface area contributed by atoms with Gasteiger partial charge >= 0.3 is 6.03 Å². The van der Waals surface area contributed by atoms with Crippen molar-refractivity contribution in [1.29, 1.82) is 0 Å². The summed E-state index contributed by atoms with van der Waals surface area (Å²) >= 11 is 0. The number of likely N-dealkylation sites (tertiary alicyclic amines) is 1. The van der Waals surface area contributed by atoms with Crippen molar-refractivity contribution >= 4 is 6.03 Å². The zero-order chi connectivity index (χ0) is 16.5. The molecule has 6 nitrogen and oxygen atoms in total. The van der Waals surface area contributed by atoms with E-state index in [0.717, 1.165) is 55.3 Å². The highest BCUT2D eigenvalue weighted by molar-refractivity contribution is 5.75. The van der Waals surface area contributed by atoms with E-state index in [-0.39, 0.29) is 18.1 Å². The van der Waals surface area contributed by atoms with Gasteiger partial charge < -0.3 is 15.3 Å². The maximum Gasteiger partial charge on any atom is 0.318 e.